The lowest BCUT2D eigenvalue weighted by Crippen LogP contribution is -2.44. The molecule has 1 fully saturated rings. The van der Waals surface area contributed by atoms with Crippen LogP contribution in [0.15, 0.2) is 23.4 Å². The Bertz CT molecular complexity index is 482. The molecule has 0 amide bonds. The van der Waals surface area contributed by atoms with Gasteiger partial charge < -0.3 is 9.84 Å². The van der Waals surface area contributed by atoms with E-state index in [1.807, 2.05) is 0 Å². The van der Waals surface area contributed by atoms with E-state index in [4.69, 9.17) is 9.84 Å². The predicted molar refractivity (Wildman–Crippen MR) is 82.9 cm³/mol. The fourth-order valence-corrected chi connectivity index (χ4v) is 3.40. The van der Waals surface area contributed by atoms with E-state index in [0.717, 1.165) is 32.0 Å². The first kappa shape index (κ1) is 16.3. The van der Waals surface area contributed by atoms with Crippen LogP contribution in [0.25, 0.3) is 0 Å². The summed E-state index contributed by atoms with van der Waals surface area (Å²) in [5, 5.41) is 9.72. The van der Waals surface area contributed by atoms with Crippen LogP contribution in [0.3, 0.4) is 0 Å². The molecule has 0 aromatic carbocycles. The van der Waals surface area contributed by atoms with Crippen LogP contribution in [-0.4, -0.2) is 59.1 Å². The number of nitrogens with zero attached hydrogens (tertiary/aromatic N) is 2. The minimum atomic E-state index is -0.934. The fraction of sp³-hybridized carbons (Fsp3) is 0.600. The van der Waals surface area contributed by atoms with E-state index in [2.05, 4.69) is 23.7 Å². The second-order valence-electron chi connectivity index (χ2n) is 5.62. The van der Waals surface area contributed by atoms with Crippen LogP contribution in [0.5, 0.6) is 0 Å². The molecule has 1 aromatic rings. The van der Waals surface area contributed by atoms with E-state index in [0.29, 0.717) is 10.9 Å². The van der Waals surface area contributed by atoms with E-state index in [-0.39, 0.29) is 11.7 Å². The second kappa shape index (κ2) is 7.77. The molecule has 1 aromatic heterocycles. The minimum absolute atomic E-state index is 0.131. The number of thioether (sulfide) groups is 1. The van der Waals surface area contributed by atoms with E-state index in [9.17, 15) is 4.79 Å². The van der Waals surface area contributed by atoms with Crippen LogP contribution in [0, 0.1) is 5.92 Å². The number of pyridine rings is 1. The average molecular weight is 310 g/mol. The van der Waals surface area contributed by atoms with Gasteiger partial charge in [0.2, 0.25) is 0 Å². The molecule has 1 unspecified atom stereocenters. The van der Waals surface area contributed by atoms with Gasteiger partial charge in [-0.05, 0) is 18.1 Å². The summed E-state index contributed by atoms with van der Waals surface area (Å²) in [5.41, 5.74) is 0.261. The number of carboxylic acid groups (broad SMARTS) is 1. The van der Waals surface area contributed by atoms with Crippen molar-refractivity contribution in [1.82, 2.24) is 9.88 Å². The molecule has 0 bridgehead atoms. The lowest BCUT2D eigenvalue weighted by molar-refractivity contribution is -0.0191. The van der Waals surface area contributed by atoms with Crippen LogP contribution >= 0.6 is 11.8 Å². The van der Waals surface area contributed by atoms with Crippen LogP contribution in [0.2, 0.25) is 0 Å². The minimum Gasteiger partial charge on any atom is -0.478 e. The maximum absolute atomic E-state index is 11.2. The van der Waals surface area contributed by atoms with Gasteiger partial charge in [-0.15, -0.1) is 11.8 Å². The summed E-state index contributed by atoms with van der Waals surface area (Å²) in [6.45, 7) is 8.13. The molecule has 1 saturated heterocycles. The second-order valence-corrected chi connectivity index (χ2v) is 6.63. The Morgan fingerprint density at radius 3 is 3.14 bits per heavy atom. The van der Waals surface area contributed by atoms with Crippen LogP contribution in [0.1, 0.15) is 24.2 Å². The van der Waals surface area contributed by atoms with Gasteiger partial charge in [-0.25, -0.2) is 9.78 Å². The Kier molecular flexibility index (Phi) is 6.02. The zero-order valence-electron chi connectivity index (χ0n) is 12.5. The molecule has 1 aliphatic rings. The molecule has 1 atom stereocenters. The average Bonchev–Trinajstić information content (AvgIpc) is 2.45. The highest BCUT2D eigenvalue weighted by Crippen LogP contribution is 2.22. The lowest BCUT2D eigenvalue weighted by atomic mass is 10.2. The summed E-state index contributed by atoms with van der Waals surface area (Å²) in [4.78, 5) is 17.7. The zero-order chi connectivity index (χ0) is 15.2. The van der Waals surface area contributed by atoms with Crippen molar-refractivity contribution < 1.29 is 14.6 Å². The van der Waals surface area contributed by atoms with Gasteiger partial charge in [0.05, 0.1) is 18.3 Å². The molecule has 116 valence electrons. The first-order valence-corrected chi connectivity index (χ1v) is 8.20. The standard InChI is InChI=1S/C15H22N2O3S/c1-11(2)8-17-6-7-20-12(9-17)10-21-14-13(15(18)19)4-3-5-16-14/h3-5,11-12H,6-10H2,1-2H3,(H,18,19). The summed E-state index contributed by atoms with van der Waals surface area (Å²) in [7, 11) is 0. The van der Waals surface area contributed by atoms with E-state index in [1.54, 1.807) is 18.3 Å². The third-order valence-corrected chi connectivity index (χ3v) is 4.39. The highest BCUT2D eigenvalue weighted by Gasteiger charge is 2.22. The Labute approximate surface area is 129 Å². The first-order chi connectivity index (χ1) is 10.1. The fourth-order valence-electron chi connectivity index (χ4n) is 2.40. The lowest BCUT2D eigenvalue weighted by Gasteiger charge is -2.33. The molecule has 21 heavy (non-hydrogen) atoms. The quantitative estimate of drug-likeness (QED) is 0.813. The topological polar surface area (TPSA) is 62.7 Å². The van der Waals surface area contributed by atoms with E-state index < -0.39 is 5.97 Å². The highest BCUT2D eigenvalue weighted by atomic mass is 32.2. The van der Waals surface area contributed by atoms with Crippen molar-refractivity contribution in [2.45, 2.75) is 25.0 Å². The summed E-state index contributed by atoms with van der Waals surface area (Å²) in [5.74, 6) is 0.439. The van der Waals surface area contributed by atoms with E-state index >= 15 is 0 Å². The Balaban J connectivity index is 1.89. The number of hydrogen-bond acceptors (Lipinski definition) is 5. The SMILES string of the molecule is CC(C)CN1CCOC(CSc2ncccc2C(=O)O)C1. The number of carboxylic acids is 1. The van der Waals surface area contributed by atoms with Gasteiger partial charge in [-0.2, -0.15) is 0 Å². The van der Waals surface area contributed by atoms with Gasteiger partial charge >= 0.3 is 5.97 Å². The van der Waals surface area contributed by atoms with Crippen molar-refractivity contribution >= 4 is 17.7 Å². The monoisotopic (exact) mass is 310 g/mol. The van der Waals surface area contributed by atoms with Gasteiger partial charge in [-0.3, -0.25) is 4.90 Å². The summed E-state index contributed by atoms with van der Waals surface area (Å²) in [6, 6.07) is 3.24. The van der Waals surface area contributed by atoms with E-state index in [1.165, 1.54) is 11.8 Å². The number of aromatic carboxylic acids is 1. The molecule has 0 spiro atoms. The van der Waals surface area contributed by atoms with Gasteiger partial charge in [-0.1, -0.05) is 13.8 Å². The molecule has 0 saturated carbocycles. The summed E-state index contributed by atoms with van der Waals surface area (Å²) >= 11 is 1.46. The molecule has 6 heteroatoms. The largest absolute Gasteiger partial charge is 0.478 e. The highest BCUT2D eigenvalue weighted by molar-refractivity contribution is 7.99. The molecule has 0 aliphatic carbocycles. The number of morpholine rings is 1. The number of hydrogen-bond donors (Lipinski definition) is 1. The zero-order valence-corrected chi connectivity index (χ0v) is 13.3. The maximum Gasteiger partial charge on any atom is 0.338 e. The molecular formula is C15H22N2O3S. The van der Waals surface area contributed by atoms with Gasteiger partial charge in [0.25, 0.3) is 0 Å². The molecule has 1 N–H and O–H groups in total. The van der Waals surface area contributed by atoms with Crippen LogP contribution < -0.4 is 0 Å². The third kappa shape index (κ3) is 4.98. The Morgan fingerprint density at radius 1 is 1.62 bits per heavy atom. The maximum atomic E-state index is 11.2. The van der Waals surface area contributed by atoms with Crippen molar-refractivity contribution in [2.24, 2.45) is 5.92 Å². The van der Waals surface area contributed by atoms with Gasteiger partial charge in [0.1, 0.15) is 5.03 Å². The molecule has 2 rings (SSSR count). The summed E-state index contributed by atoms with van der Waals surface area (Å²) in [6.07, 6.45) is 1.76. The molecule has 0 radical (unpaired) electrons. The number of aromatic nitrogens is 1. The molecule has 2 heterocycles. The van der Waals surface area contributed by atoms with Crippen molar-refractivity contribution in [3.63, 3.8) is 0 Å². The predicted octanol–water partition coefficient (Wildman–Crippen LogP) is 2.23. The molecule has 1 aliphatic heterocycles. The van der Waals surface area contributed by atoms with Gasteiger partial charge in [0, 0.05) is 31.6 Å². The van der Waals surface area contributed by atoms with Crippen molar-refractivity contribution in [2.75, 3.05) is 32.0 Å². The number of ether oxygens (including phenoxy) is 1. The van der Waals surface area contributed by atoms with Crippen molar-refractivity contribution in [3.8, 4) is 0 Å². The van der Waals surface area contributed by atoms with Crippen LogP contribution in [-0.2, 0) is 4.74 Å². The normalized spacial score (nSPS) is 19.9. The molecular weight excluding hydrogens is 288 g/mol. The number of rotatable bonds is 6. The first-order valence-electron chi connectivity index (χ1n) is 7.21. The smallest absolute Gasteiger partial charge is 0.338 e. The summed E-state index contributed by atoms with van der Waals surface area (Å²) < 4.78 is 5.77. The Hall–Kier alpha value is -1.11. The molecule has 5 nitrogen and oxygen atoms in total. The third-order valence-electron chi connectivity index (χ3n) is 3.25. The number of carbonyl (C=O) groups is 1. The van der Waals surface area contributed by atoms with Crippen molar-refractivity contribution in [3.05, 3.63) is 23.9 Å². The van der Waals surface area contributed by atoms with Crippen molar-refractivity contribution in [1.29, 1.82) is 0 Å². The van der Waals surface area contributed by atoms with Crippen LogP contribution in [0.4, 0.5) is 0 Å². The van der Waals surface area contributed by atoms with Gasteiger partial charge in [0.15, 0.2) is 0 Å². The Morgan fingerprint density at radius 2 is 2.43 bits per heavy atom.